The van der Waals surface area contributed by atoms with Gasteiger partial charge in [0.1, 0.15) is 0 Å². The number of hydrogen-bond acceptors (Lipinski definition) is 3. The molecule has 3 rings (SSSR count). The topological polar surface area (TPSA) is 56.0 Å². The van der Waals surface area contributed by atoms with Gasteiger partial charge in [-0.1, -0.05) is 0 Å². The number of carbonyl (C=O) groups is 1. The molecule has 1 unspecified atom stereocenters. The minimum Gasteiger partial charge on any atom is -0.336 e. The first-order valence-electron chi connectivity index (χ1n) is 7.81. The van der Waals surface area contributed by atoms with Gasteiger partial charge in [-0.15, -0.1) is 0 Å². The monoisotopic (exact) mass is 341 g/mol. The fourth-order valence-corrected chi connectivity index (χ4v) is 3.12. The zero-order valence-corrected chi connectivity index (χ0v) is 13.2. The van der Waals surface area contributed by atoms with Crippen molar-refractivity contribution in [3.8, 4) is 0 Å². The molecule has 0 spiro atoms. The summed E-state index contributed by atoms with van der Waals surface area (Å²) in [5, 5.41) is 3.72. The number of aromatic nitrogens is 4. The number of amides is 1. The number of alkyl halides is 3. The summed E-state index contributed by atoms with van der Waals surface area (Å²) in [4.78, 5) is 18.1. The van der Waals surface area contributed by atoms with E-state index in [0.29, 0.717) is 13.1 Å². The molecule has 2 aromatic heterocycles. The number of imidazole rings is 1. The molecule has 3 heterocycles. The molecular weight excluding hydrogens is 323 g/mol. The zero-order chi connectivity index (χ0) is 17.3. The molecule has 2 aromatic rings. The molecule has 1 saturated heterocycles. The number of likely N-dealkylation sites (tertiary alicyclic amines) is 1. The summed E-state index contributed by atoms with van der Waals surface area (Å²) in [6, 6.07) is 0.0285. The average molecular weight is 341 g/mol. The van der Waals surface area contributed by atoms with Gasteiger partial charge < -0.3 is 9.47 Å². The zero-order valence-electron chi connectivity index (χ0n) is 13.2. The van der Waals surface area contributed by atoms with Crippen molar-refractivity contribution in [2.45, 2.75) is 38.5 Å². The van der Waals surface area contributed by atoms with Gasteiger partial charge in [0, 0.05) is 32.0 Å². The van der Waals surface area contributed by atoms with Crippen molar-refractivity contribution in [1.29, 1.82) is 0 Å². The Bertz CT molecular complexity index is 707. The van der Waals surface area contributed by atoms with Crippen LogP contribution in [0, 0.1) is 0 Å². The lowest BCUT2D eigenvalue weighted by atomic mass is 10.0. The molecule has 130 valence electrons. The largest absolute Gasteiger partial charge is 0.433 e. The fourth-order valence-electron chi connectivity index (χ4n) is 3.12. The molecule has 9 heteroatoms. The van der Waals surface area contributed by atoms with E-state index in [1.807, 2.05) is 4.57 Å². The summed E-state index contributed by atoms with van der Waals surface area (Å²) in [6.45, 7) is 2.43. The van der Waals surface area contributed by atoms with E-state index >= 15 is 0 Å². The van der Waals surface area contributed by atoms with Crippen molar-refractivity contribution < 1.29 is 18.0 Å². The van der Waals surface area contributed by atoms with Crippen molar-refractivity contribution in [3.63, 3.8) is 0 Å². The van der Waals surface area contributed by atoms with E-state index < -0.39 is 17.8 Å². The van der Waals surface area contributed by atoms with Gasteiger partial charge in [0.05, 0.1) is 24.1 Å². The van der Waals surface area contributed by atoms with E-state index in [-0.39, 0.29) is 18.2 Å². The first kappa shape index (κ1) is 16.5. The summed E-state index contributed by atoms with van der Waals surface area (Å²) >= 11 is 0. The lowest BCUT2D eigenvalue weighted by Gasteiger charge is -2.33. The van der Waals surface area contributed by atoms with Crippen molar-refractivity contribution in [3.05, 3.63) is 36.2 Å². The minimum absolute atomic E-state index is 0.0285. The Hall–Kier alpha value is -2.32. The van der Waals surface area contributed by atoms with Crippen molar-refractivity contribution in [2.75, 3.05) is 13.1 Å². The number of rotatable bonds is 3. The smallest absolute Gasteiger partial charge is 0.336 e. The lowest BCUT2D eigenvalue weighted by molar-refractivity contribution is -0.144. The maximum Gasteiger partial charge on any atom is 0.433 e. The molecule has 0 radical (unpaired) electrons. The van der Waals surface area contributed by atoms with Gasteiger partial charge in [0.25, 0.3) is 5.91 Å². The van der Waals surface area contributed by atoms with Crippen molar-refractivity contribution in [2.24, 2.45) is 0 Å². The van der Waals surface area contributed by atoms with Gasteiger partial charge in [-0.25, -0.2) is 4.98 Å². The third-order valence-corrected chi connectivity index (χ3v) is 4.27. The van der Waals surface area contributed by atoms with Crippen LogP contribution in [0.15, 0.2) is 24.9 Å². The highest BCUT2D eigenvalue weighted by Crippen LogP contribution is 2.33. The van der Waals surface area contributed by atoms with Crippen LogP contribution in [-0.4, -0.2) is 43.2 Å². The number of carbonyl (C=O) groups excluding carboxylic acids is 1. The highest BCUT2D eigenvalue weighted by molar-refractivity contribution is 5.95. The van der Waals surface area contributed by atoms with E-state index in [0.717, 1.165) is 23.7 Å². The molecule has 6 nitrogen and oxygen atoms in total. The molecule has 1 aliphatic heterocycles. The third kappa shape index (κ3) is 3.02. The molecule has 0 aromatic carbocycles. The first-order valence-corrected chi connectivity index (χ1v) is 7.81. The van der Waals surface area contributed by atoms with Gasteiger partial charge in [-0.2, -0.15) is 18.3 Å². The van der Waals surface area contributed by atoms with Crippen molar-refractivity contribution >= 4 is 5.91 Å². The molecule has 0 bridgehead atoms. The van der Waals surface area contributed by atoms with Gasteiger partial charge in [0.15, 0.2) is 5.69 Å². The van der Waals surface area contributed by atoms with Crippen molar-refractivity contribution in [1.82, 2.24) is 24.2 Å². The molecule has 24 heavy (non-hydrogen) atoms. The van der Waals surface area contributed by atoms with E-state index in [1.165, 1.54) is 4.90 Å². The van der Waals surface area contributed by atoms with Crippen LogP contribution in [0.4, 0.5) is 13.2 Å². The van der Waals surface area contributed by atoms with Crippen LogP contribution in [0.5, 0.6) is 0 Å². The number of nitrogens with zero attached hydrogens (tertiary/aromatic N) is 5. The standard InChI is InChI=1S/C15H18F3N5O/c1-2-23-13(15(16,17)18)12(8-20-23)14(24)21-6-3-4-11(9-21)22-7-5-19-10-22/h5,7-8,10-11H,2-4,6,9H2,1H3. The summed E-state index contributed by atoms with van der Waals surface area (Å²) in [5.41, 5.74) is -1.35. The van der Waals surface area contributed by atoms with Crippen LogP contribution in [-0.2, 0) is 12.7 Å². The second-order valence-electron chi connectivity index (χ2n) is 5.78. The SMILES string of the molecule is CCn1ncc(C(=O)N2CCCC(n3ccnc3)C2)c1C(F)(F)F. The summed E-state index contributed by atoms with van der Waals surface area (Å²) in [7, 11) is 0. The van der Waals surface area contributed by atoms with Crippen LogP contribution in [0.1, 0.15) is 41.9 Å². The molecule has 0 aliphatic carbocycles. The molecule has 1 amide bonds. The Kier molecular flexibility index (Phi) is 4.33. The number of piperidine rings is 1. The van der Waals surface area contributed by atoms with E-state index in [4.69, 9.17) is 0 Å². The van der Waals surface area contributed by atoms with E-state index in [9.17, 15) is 18.0 Å². The predicted molar refractivity (Wildman–Crippen MR) is 79.3 cm³/mol. The highest BCUT2D eigenvalue weighted by Gasteiger charge is 2.41. The second kappa shape index (κ2) is 6.29. The number of hydrogen-bond donors (Lipinski definition) is 0. The Morgan fingerprint density at radius 1 is 1.42 bits per heavy atom. The van der Waals surface area contributed by atoms with Crippen LogP contribution in [0.25, 0.3) is 0 Å². The Balaban J connectivity index is 1.85. The molecular formula is C15H18F3N5O. The fraction of sp³-hybridized carbons (Fsp3) is 0.533. The maximum atomic E-state index is 13.3. The Morgan fingerprint density at radius 2 is 2.21 bits per heavy atom. The average Bonchev–Trinajstić information content (AvgIpc) is 3.23. The number of aryl methyl sites for hydroxylation is 1. The Labute approximate surface area is 136 Å². The van der Waals surface area contributed by atoms with Crippen LogP contribution in [0.3, 0.4) is 0 Å². The van der Waals surface area contributed by atoms with Gasteiger partial charge in [-0.3, -0.25) is 9.48 Å². The van der Waals surface area contributed by atoms with Gasteiger partial charge >= 0.3 is 6.18 Å². The minimum atomic E-state index is -4.61. The van der Waals surface area contributed by atoms with E-state index in [1.54, 1.807) is 25.6 Å². The maximum absolute atomic E-state index is 13.3. The van der Waals surface area contributed by atoms with E-state index in [2.05, 4.69) is 10.1 Å². The molecule has 1 aliphatic rings. The number of halogens is 3. The molecule has 0 N–H and O–H groups in total. The van der Waals surface area contributed by atoms with Gasteiger partial charge in [0.2, 0.25) is 0 Å². The second-order valence-corrected chi connectivity index (χ2v) is 5.78. The quantitative estimate of drug-likeness (QED) is 0.862. The Morgan fingerprint density at radius 3 is 2.83 bits per heavy atom. The third-order valence-electron chi connectivity index (χ3n) is 4.27. The van der Waals surface area contributed by atoms with Crippen LogP contribution >= 0.6 is 0 Å². The summed E-state index contributed by atoms with van der Waals surface area (Å²) < 4.78 is 42.7. The molecule has 0 saturated carbocycles. The normalized spacial score (nSPS) is 18.8. The van der Waals surface area contributed by atoms with Crippen LogP contribution < -0.4 is 0 Å². The summed E-state index contributed by atoms with van der Waals surface area (Å²) in [5.74, 6) is -0.619. The van der Waals surface area contributed by atoms with Crippen LogP contribution in [0.2, 0.25) is 0 Å². The lowest BCUT2D eigenvalue weighted by Crippen LogP contribution is -2.41. The molecule has 1 fully saturated rings. The first-order chi connectivity index (χ1) is 11.4. The predicted octanol–water partition coefficient (Wildman–Crippen LogP) is 2.60. The highest BCUT2D eigenvalue weighted by atomic mass is 19.4. The molecule has 1 atom stereocenters. The van der Waals surface area contributed by atoms with Gasteiger partial charge in [-0.05, 0) is 19.8 Å². The summed E-state index contributed by atoms with van der Waals surface area (Å²) in [6.07, 6.45) is 3.11.